The Hall–Kier alpha value is -3.03. The van der Waals surface area contributed by atoms with Gasteiger partial charge in [-0.15, -0.1) is 0 Å². The molecule has 0 amide bonds. The van der Waals surface area contributed by atoms with Gasteiger partial charge in [0.25, 0.3) is 0 Å². The number of nitrogens with zero attached hydrogens (tertiary/aromatic N) is 3. The van der Waals surface area contributed by atoms with E-state index in [1.807, 2.05) is 25.3 Å². The standard InChI is InChI=1S/C22H27F2N5O/c1-14-9-18-16(13-28-20(18)27-11-14)10-17-5-6-19(29-22(17,2)24)26-12-15(7-8-23)21(25-3)30-4/h5-7,9,11,13,17H,8,10,12H2,1-4H3,(H,26,29)(H,27,28)/b15-7-,25-21+. The number of hydrogen-bond donors (Lipinski definition) is 2. The predicted molar refractivity (Wildman–Crippen MR) is 117 cm³/mol. The normalized spacial score (nSPS) is 22.3. The minimum atomic E-state index is -1.79. The second-order valence-electron chi connectivity index (χ2n) is 7.38. The predicted octanol–water partition coefficient (Wildman–Crippen LogP) is 3.84. The van der Waals surface area contributed by atoms with E-state index in [0.29, 0.717) is 23.7 Å². The van der Waals surface area contributed by atoms with Crippen LogP contribution in [0.1, 0.15) is 18.1 Å². The molecule has 3 heterocycles. The number of amidine groups is 1. The Balaban J connectivity index is 1.72. The fourth-order valence-electron chi connectivity index (χ4n) is 3.54. The Bertz CT molecular complexity index is 1020. The van der Waals surface area contributed by atoms with E-state index in [-0.39, 0.29) is 6.54 Å². The number of allylic oxidation sites excluding steroid dienone is 1. The molecule has 2 aromatic heterocycles. The molecular formula is C22H27F2N5O. The molecule has 3 rings (SSSR count). The number of fused-ring (bicyclic) bond motifs is 1. The lowest BCUT2D eigenvalue weighted by atomic mass is 9.89. The largest absolute Gasteiger partial charge is 0.481 e. The number of H-pyrrole nitrogens is 1. The summed E-state index contributed by atoms with van der Waals surface area (Å²) in [7, 11) is 3.03. The molecule has 30 heavy (non-hydrogen) atoms. The molecule has 2 unspecified atom stereocenters. The minimum Gasteiger partial charge on any atom is -0.481 e. The van der Waals surface area contributed by atoms with Gasteiger partial charge < -0.3 is 15.0 Å². The van der Waals surface area contributed by atoms with Crippen LogP contribution in [0.5, 0.6) is 0 Å². The molecule has 0 saturated carbocycles. The SMILES string of the molecule is C/N=C(OC)\C(=C/CF)CNC1=NC(C)(F)C(Cc2c[nH]c3ncc(C)cc23)C=C1. The van der Waals surface area contributed by atoms with Gasteiger partial charge in [0.1, 0.15) is 18.2 Å². The van der Waals surface area contributed by atoms with Crippen molar-refractivity contribution in [1.82, 2.24) is 15.3 Å². The van der Waals surface area contributed by atoms with E-state index in [4.69, 9.17) is 4.74 Å². The average molecular weight is 415 g/mol. The van der Waals surface area contributed by atoms with Crippen molar-refractivity contribution >= 4 is 22.8 Å². The highest BCUT2D eigenvalue weighted by molar-refractivity contribution is 5.97. The van der Waals surface area contributed by atoms with Gasteiger partial charge in [0.15, 0.2) is 0 Å². The lowest BCUT2D eigenvalue weighted by Gasteiger charge is -2.29. The Kier molecular flexibility index (Phi) is 6.64. The van der Waals surface area contributed by atoms with Gasteiger partial charge in [0, 0.05) is 42.9 Å². The quantitative estimate of drug-likeness (QED) is 0.428. The van der Waals surface area contributed by atoms with Crippen molar-refractivity contribution in [3.05, 3.63) is 53.4 Å². The molecule has 0 aromatic carbocycles. The van der Waals surface area contributed by atoms with E-state index >= 15 is 4.39 Å². The molecule has 6 nitrogen and oxygen atoms in total. The maximum Gasteiger partial charge on any atom is 0.212 e. The van der Waals surface area contributed by atoms with Crippen LogP contribution in [0.2, 0.25) is 0 Å². The first-order valence-electron chi connectivity index (χ1n) is 9.77. The van der Waals surface area contributed by atoms with Crippen molar-refractivity contribution in [3.8, 4) is 0 Å². The lowest BCUT2D eigenvalue weighted by molar-refractivity contribution is 0.139. The number of aryl methyl sites for hydroxylation is 1. The molecule has 0 fully saturated rings. The second kappa shape index (κ2) is 9.19. The Labute approximate surface area is 174 Å². The summed E-state index contributed by atoms with van der Waals surface area (Å²) in [5.74, 6) is -1.49. The fourth-order valence-corrected chi connectivity index (χ4v) is 3.54. The van der Waals surface area contributed by atoms with Crippen LogP contribution in [0, 0.1) is 12.8 Å². The number of nitrogens with one attached hydrogen (secondary N) is 2. The summed E-state index contributed by atoms with van der Waals surface area (Å²) in [6.45, 7) is 3.02. The van der Waals surface area contributed by atoms with Crippen molar-refractivity contribution in [2.24, 2.45) is 15.9 Å². The third-order valence-corrected chi connectivity index (χ3v) is 5.15. The van der Waals surface area contributed by atoms with Gasteiger partial charge in [-0.25, -0.2) is 18.8 Å². The van der Waals surface area contributed by atoms with Gasteiger partial charge in [0.2, 0.25) is 11.7 Å². The monoisotopic (exact) mass is 415 g/mol. The molecule has 2 N–H and O–H groups in total. The van der Waals surface area contributed by atoms with Gasteiger partial charge in [-0.2, -0.15) is 0 Å². The lowest BCUT2D eigenvalue weighted by Crippen LogP contribution is -2.37. The average Bonchev–Trinajstić information content (AvgIpc) is 3.10. The highest BCUT2D eigenvalue weighted by atomic mass is 19.1. The van der Waals surface area contributed by atoms with Crippen LogP contribution in [0.25, 0.3) is 11.0 Å². The van der Waals surface area contributed by atoms with E-state index in [9.17, 15) is 4.39 Å². The topological polar surface area (TPSA) is 74.7 Å². The summed E-state index contributed by atoms with van der Waals surface area (Å²) in [5.41, 5.74) is 3.39. The molecule has 160 valence electrons. The van der Waals surface area contributed by atoms with Crippen LogP contribution < -0.4 is 5.32 Å². The number of rotatable bonds is 6. The molecule has 2 atom stereocenters. The molecule has 0 spiro atoms. The maximum atomic E-state index is 15.4. The van der Waals surface area contributed by atoms with Crippen molar-refractivity contribution in [3.63, 3.8) is 0 Å². The molecule has 8 heteroatoms. The van der Waals surface area contributed by atoms with Gasteiger partial charge in [-0.1, -0.05) is 6.08 Å². The minimum absolute atomic E-state index is 0.224. The van der Waals surface area contributed by atoms with Crippen LogP contribution in [-0.4, -0.2) is 54.9 Å². The first-order chi connectivity index (χ1) is 14.4. The zero-order valence-corrected chi connectivity index (χ0v) is 17.7. The van der Waals surface area contributed by atoms with Crippen LogP contribution in [0.4, 0.5) is 8.78 Å². The van der Waals surface area contributed by atoms with E-state index in [2.05, 4.69) is 25.3 Å². The molecule has 1 aliphatic rings. The number of aliphatic imine (C=N–C) groups is 2. The zero-order valence-electron chi connectivity index (χ0n) is 17.7. The Morgan fingerprint density at radius 3 is 2.93 bits per heavy atom. The number of dihydropyridines is 1. The number of halogens is 2. The molecule has 0 saturated heterocycles. The molecule has 0 bridgehead atoms. The summed E-state index contributed by atoms with van der Waals surface area (Å²) in [6.07, 6.45) is 9.12. The summed E-state index contributed by atoms with van der Waals surface area (Å²) < 4.78 is 33.3. The van der Waals surface area contributed by atoms with Crippen LogP contribution in [0.3, 0.4) is 0 Å². The Morgan fingerprint density at radius 1 is 1.47 bits per heavy atom. The third-order valence-electron chi connectivity index (χ3n) is 5.15. The third kappa shape index (κ3) is 4.75. The number of alkyl halides is 2. The smallest absolute Gasteiger partial charge is 0.212 e. The first kappa shape index (κ1) is 21.7. The molecule has 1 aliphatic heterocycles. The highest BCUT2D eigenvalue weighted by Crippen LogP contribution is 2.33. The summed E-state index contributed by atoms with van der Waals surface area (Å²) >= 11 is 0. The van der Waals surface area contributed by atoms with Gasteiger partial charge in [0.05, 0.1) is 7.11 Å². The van der Waals surface area contributed by atoms with E-state index in [1.54, 1.807) is 19.3 Å². The van der Waals surface area contributed by atoms with Crippen molar-refractivity contribution in [1.29, 1.82) is 0 Å². The highest BCUT2D eigenvalue weighted by Gasteiger charge is 2.35. The maximum absolute atomic E-state index is 15.4. The first-order valence-corrected chi connectivity index (χ1v) is 9.77. The molecule has 0 radical (unpaired) electrons. The molecule has 2 aromatic rings. The van der Waals surface area contributed by atoms with E-state index < -0.39 is 18.4 Å². The van der Waals surface area contributed by atoms with Gasteiger partial charge in [-0.05, 0) is 49.6 Å². The number of methoxy groups -OCH3 is 1. The summed E-state index contributed by atoms with van der Waals surface area (Å²) in [5, 5.41) is 4.04. The fraction of sp³-hybridized carbons (Fsp3) is 0.409. The molecule has 0 aliphatic carbocycles. The summed E-state index contributed by atoms with van der Waals surface area (Å²) in [4.78, 5) is 15.7. The number of aromatic nitrogens is 2. The van der Waals surface area contributed by atoms with Gasteiger partial charge in [-0.3, -0.25) is 4.99 Å². The van der Waals surface area contributed by atoms with Crippen molar-refractivity contribution in [2.45, 2.75) is 26.1 Å². The number of aromatic amines is 1. The van der Waals surface area contributed by atoms with Crippen LogP contribution in [0.15, 0.2) is 52.2 Å². The van der Waals surface area contributed by atoms with Gasteiger partial charge >= 0.3 is 0 Å². The van der Waals surface area contributed by atoms with Crippen molar-refractivity contribution in [2.75, 3.05) is 27.4 Å². The Morgan fingerprint density at radius 2 is 2.27 bits per heavy atom. The van der Waals surface area contributed by atoms with E-state index in [1.165, 1.54) is 20.1 Å². The van der Waals surface area contributed by atoms with Crippen LogP contribution >= 0.6 is 0 Å². The number of ether oxygens (including phenoxy) is 1. The zero-order chi connectivity index (χ0) is 21.7. The molecular weight excluding hydrogens is 388 g/mol. The second-order valence-corrected chi connectivity index (χ2v) is 7.38. The van der Waals surface area contributed by atoms with Crippen LogP contribution in [-0.2, 0) is 11.2 Å². The summed E-state index contributed by atoms with van der Waals surface area (Å²) in [6, 6.07) is 2.05. The van der Waals surface area contributed by atoms with E-state index in [0.717, 1.165) is 22.2 Å². The number of hydrogen-bond acceptors (Lipinski definition) is 5. The number of pyridine rings is 1. The van der Waals surface area contributed by atoms with Crippen molar-refractivity contribution < 1.29 is 13.5 Å².